The fourth-order valence-electron chi connectivity index (χ4n) is 1.40. The van der Waals surface area contributed by atoms with Crippen LogP contribution in [0.4, 0.5) is 10.1 Å². The van der Waals surface area contributed by atoms with Gasteiger partial charge in [0.25, 0.3) is 10.0 Å². The van der Waals surface area contributed by atoms with Crippen molar-refractivity contribution >= 4 is 31.6 Å². The smallest absolute Gasteiger partial charge is 0.261 e. The molecule has 1 N–H and O–H groups in total. The molecule has 0 radical (unpaired) electrons. The summed E-state index contributed by atoms with van der Waals surface area (Å²) in [4.78, 5) is 0.112. The van der Waals surface area contributed by atoms with Crippen molar-refractivity contribution in [3.05, 3.63) is 58.8 Å². The number of sulfonamides is 1. The van der Waals surface area contributed by atoms with Gasteiger partial charge in [-0.05, 0) is 36.4 Å². The Bertz CT molecular complexity index is 673. The molecule has 0 bridgehead atoms. The highest BCUT2D eigenvalue weighted by Gasteiger charge is 2.14. The number of nitrogens with one attached hydrogen (secondary N) is 1. The van der Waals surface area contributed by atoms with Crippen LogP contribution in [0.15, 0.2) is 57.9 Å². The lowest BCUT2D eigenvalue weighted by Gasteiger charge is -2.08. The molecule has 0 atom stereocenters. The first kappa shape index (κ1) is 13.0. The number of rotatable bonds is 3. The van der Waals surface area contributed by atoms with E-state index in [4.69, 9.17) is 0 Å². The van der Waals surface area contributed by atoms with Gasteiger partial charge >= 0.3 is 0 Å². The Hall–Kier alpha value is -1.40. The second-order valence-electron chi connectivity index (χ2n) is 3.57. The minimum atomic E-state index is -3.70. The number of hydrogen-bond acceptors (Lipinski definition) is 2. The van der Waals surface area contributed by atoms with Crippen molar-refractivity contribution in [1.82, 2.24) is 0 Å². The van der Waals surface area contributed by atoms with Gasteiger partial charge in [0.2, 0.25) is 0 Å². The van der Waals surface area contributed by atoms with Crippen molar-refractivity contribution < 1.29 is 12.8 Å². The Kier molecular flexibility index (Phi) is 3.68. The van der Waals surface area contributed by atoms with E-state index in [-0.39, 0.29) is 10.6 Å². The van der Waals surface area contributed by atoms with Crippen molar-refractivity contribution in [2.75, 3.05) is 4.72 Å². The number of hydrogen-bond donors (Lipinski definition) is 1. The average molecular weight is 330 g/mol. The predicted molar refractivity (Wildman–Crippen MR) is 71.4 cm³/mol. The maximum absolute atomic E-state index is 13.0. The Morgan fingerprint density at radius 1 is 1.06 bits per heavy atom. The van der Waals surface area contributed by atoms with Crippen LogP contribution in [0, 0.1) is 5.82 Å². The highest BCUT2D eigenvalue weighted by molar-refractivity contribution is 9.10. The van der Waals surface area contributed by atoms with Crippen molar-refractivity contribution in [3.63, 3.8) is 0 Å². The molecule has 6 heteroatoms. The van der Waals surface area contributed by atoms with Crippen LogP contribution in [0.3, 0.4) is 0 Å². The molecule has 0 aromatic heterocycles. The van der Waals surface area contributed by atoms with E-state index in [1.807, 2.05) is 0 Å². The van der Waals surface area contributed by atoms with Crippen LogP contribution in [0.1, 0.15) is 0 Å². The zero-order valence-electron chi connectivity index (χ0n) is 9.10. The molecular formula is C12H9BrFNO2S. The van der Waals surface area contributed by atoms with Gasteiger partial charge in [0.1, 0.15) is 5.82 Å². The van der Waals surface area contributed by atoms with E-state index in [9.17, 15) is 12.8 Å². The summed E-state index contributed by atoms with van der Waals surface area (Å²) in [5, 5.41) is 0. The fraction of sp³-hybridized carbons (Fsp3) is 0. The van der Waals surface area contributed by atoms with Crippen molar-refractivity contribution in [3.8, 4) is 0 Å². The van der Waals surface area contributed by atoms with Crippen LogP contribution < -0.4 is 4.72 Å². The van der Waals surface area contributed by atoms with Gasteiger partial charge in [-0.25, -0.2) is 12.8 Å². The van der Waals surface area contributed by atoms with Gasteiger partial charge in [-0.3, -0.25) is 4.72 Å². The first-order valence-corrected chi connectivity index (χ1v) is 7.29. The molecule has 0 aliphatic rings. The molecule has 3 nitrogen and oxygen atoms in total. The summed E-state index contributed by atoms with van der Waals surface area (Å²) in [6.45, 7) is 0. The molecule has 0 saturated carbocycles. The van der Waals surface area contributed by atoms with E-state index in [1.54, 1.807) is 12.1 Å². The molecule has 2 aromatic carbocycles. The predicted octanol–water partition coefficient (Wildman–Crippen LogP) is 3.39. The van der Waals surface area contributed by atoms with Gasteiger partial charge in [0.15, 0.2) is 0 Å². The van der Waals surface area contributed by atoms with Crippen LogP contribution in [-0.2, 0) is 10.0 Å². The summed E-state index contributed by atoms with van der Waals surface area (Å²) in [7, 11) is -3.70. The largest absolute Gasteiger partial charge is 0.280 e. The Labute approximate surface area is 113 Å². The lowest BCUT2D eigenvalue weighted by molar-refractivity contribution is 0.601. The quantitative estimate of drug-likeness (QED) is 0.938. The summed E-state index contributed by atoms with van der Waals surface area (Å²) >= 11 is 3.20. The molecule has 0 heterocycles. The molecule has 0 aliphatic heterocycles. The molecule has 2 aromatic rings. The van der Waals surface area contributed by atoms with Crippen molar-refractivity contribution in [1.29, 1.82) is 0 Å². The normalized spacial score (nSPS) is 11.2. The van der Waals surface area contributed by atoms with Crippen molar-refractivity contribution in [2.24, 2.45) is 0 Å². The number of anilines is 1. The van der Waals surface area contributed by atoms with E-state index in [0.717, 1.165) is 6.07 Å². The van der Waals surface area contributed by atoms with E-state index < -0.39 is 15.8 Å². The monoisotopic (exact) mass is 329 g/mol. The fourth-order valence-corrected chi connectivity index (χ4v) is 3.05. The van der Waals surface area contributed by atoms with Crippen molar-refractivity contribution in [2.45, 2.75) is 4.90 Å². The van der Waals surface area contributed by atoms with Crippen LogP contribution in [0.25, 0.3) is 0 Å². The third-order valence-electron chi connectivity index (χ3n) is 2.18. The van der Waals surface area contributed by atoms with Crippen LogP contribution in [0.5, 0.6) is 0 Å². The zero-order valence-corrected chi connectivity index (χ0v) is 11.5. The average Bonchev–Trinajstić information content (AvgIpc) is 2.28. The molecule has 0 fully saturated rings. The zero-order chi connectivity index (χ0) is 13.2. The molecule has 0 unspecified atom stereocenters. The topological polar surface area (TPSA) is 46.2 Å². The van der Waals surface area contributed by atoms with E-state index in [1.165, 1.54) is 30.3 Å². The molecular weight excluding hydrogens is 321 g/mol. The van der Waals surface area contributed by atoms with E-state index in [2.05, 4.69) is 20.7 Å². The Morgan fingerprint density at radius 2 is 1.78 bits per heavy atom. The van der Waals surface area contributed by atoms with Crippen LogP contribution in [0.2, 0.25) is 0 Å². The summed E-state index contributed by atoms with van der Waals surface area (Å²) in [5.74, 6) is -0.496. The highest BCUT2D eigenvalue weighted by atomic mass is 79.9. The van der Waals surface area contributed by atoms with Gasteiger partial charge in [-0.15, -0.1) is 0 Å². The molecule has 0 spiro atoms. The lowest BCUT2D eigenvalue weighted by atomic mass is 10.3. The SMILES string of the molecule is O=S(=O)(Nc1cccc(F)c1)c1cccc(Br)c1. The first-order valence-electron chi connectivity index (χ1n) is 5.01. The highest BCUT2D eigenvalue weighted by Crippen LogP contribution is 2.19. The molecule has 18 heavy (non-hydrogen) atoms. The molecule has 2 rings (SSSR count). The summed E-state index contributed by atoms with van der Waals surface area (Å²) in [6, 6.07) is 11.6. The van der Waals surface area contributed by atoms with Gasteiger partial charge in [-0.2, -0.15) is 0 Å². The molecule has 0 amide bonds. The minimum absolute atomic E-state index is 0.112. The third-order valence-corrected chi connectivity index (χ3v) is 4.06. The Morgan fingerprint density at radius 3 is 2.44 bits per heavy atom. The number of halogens is 2. The third kappa shape index (κ3) is 3.08. The molecule has 0 saturated heterocycles. The lowest BCUT2D eigenvalue weighted by Crippen LogP contribution is -2.12. The first-order chi connectivity index (χ1) is 8.47. The number of benzene rings is 2. The Balaban J connectivity index is 2.33. The minimum Gasteiger partial charge on any atom is -0.280 e. The molecule has 0 aliphatic carbocycles. The van der Waals surface area contributed by atoms with Gasteiger partial charge < -0.3 is 0 Å². The van der Waals surface area contributed by atoms with Gasteiger partial charge in [0, 0.05) is 4.47 Å². The summed E-state index contributed by atoms with van der Waals surface area (Å²) < 4.78 is 40.0. The summed E-state index contributed by atoms with van der Waals surface area (Å²) in [6.07, 6.45) is 0. The maximum Gasteiger partial charge on any atom is 0.261 e. The van der Waals surface area contributed by atoms with Gasteiger partial charge in [0.05, 0.1) is 10.6 Å². The van der Waals surface area contributed by atoms with E-state index >= 15 is 0 Å². The standard InChI is InChI=1S/C12H9BrFNO2S/c13-9-3-1-6-12(7-9)18(16,17)15-11-5-2-4-10(14)8-11/h1-8,15H. The summed E-state index contributed by atoms with van der Waals surface area (Å²) in [5.41, 5.74) is 0.190. The van der Waals surface area contributed by atoms with Gasteiger partial charge in [-0.1, -0.05) is 28.1 Å². The van der Waals surface area contributed by atoms with Crippen LogP contribution >= 0.6 is 15.9 Å². The second-order valence-corrected chi connectivity index (χ2v) is 6.17. The van der Waals surface area contributed by atoms with E-state index in [0.29, 0.717) is 4.47 Å². The second kappa shape index (κ2) is 5.07. The van der Waals surface area contributed by atoms with Crippen LogP contribution in [-0.4, -0.2) is 8.42 Å². The molecule has 94 valence electrons. The maximum atomic E-state index is 13.0.